The van der Waals surface area contributed by atoms with E-state index in [1.807, 2.05) is 6.07 Å². The number of pyridine rings is 1. The van der Waals surface area contributed by atoms with Crippen LogP contribution in [-0.2, 0) is 22.6 Å². The van der Waals surface area contributed by atoms with Gasteiger partial charge in [-0.3, -0.25) is 0 Å². The standard InChI is InChI=1S/C24H25BrN4O4/c1-31-9-8-28-21-17(10-16(24(30)33-3)12-19(21)32-2)26-23(28)18-11-15-6-7-20(25)27-22(15)29(18)13-14-4-5-14/h6-7,10-12,14H,4-5,8-9,13H2,1-3H3. The number of esters is 1. The van der Waals surface area contributed by atoms with Crippen LogP contribution in [0.2, 0.25) is 0 Å². The highest BCUT2D eigenvalue weighted by molar-refractivity contribution is 9.10. The third kappa shape index (κ3) is 4.00. The van der Waals surface area contributed by atoms with E-state index in [9.17, 15) is 4.79 Å². The molecule has 1 aromatic carbocycles. The molecule has 172 valence electrons. The molecule has 1 aliphatic rings. The van der Waals surface area contributed by atoms with Gasteiger partial charge < -0.3 is 23.3 Å². The highest BCUT2D eigenvalue weighted by atomic mass is 79.9. The normalized spacial score (nSPS) is 13.7. The van der Waals surface area contributed by atoms with Crippen LogP contribution in [0.25, 0.3) is 33.6 Å². The fourth-order valence-electron chi connectivity index (χ4n) is 4.25. The number of halogens is 1. The Kier molecular flexibility index (Phi) is 5.84. The van der Waals surface area contributed by atoms with E-state index >= 15 is 0 Å². The maximum Gasteiger partial charge on any atom is 0.338 e. The summed E-state index contributed by atoms with van der Waals surface area (Å²) in [7, 11) is 4.63. The van der Waals surface area contributed by atoms with Crippen molar-refractivity contribution in [2.24, 2.45) is 5.92 Å². The molecule has 0 bridgehead atoms. The van der Waals surface area contributed by atoms with Gasteiger partial charge in [-0.2, -0.15) is 0 Å². The van der Waals surface area contributed by atoms with Gasteiger partial charge in [-0.1, -0.05) is 0 Å². The minimum Gasteiger partial charge on any atom is -0.494 e. The van der Waals surface area contributed by atoms with Gasteiger partial charge in [-0.05, 0) is 65.0 Å². The lowest BCUT2D eigenvalue weighted by Gasteiger charge is -2.13. The van der Waals surface area contributed by atoms with Crippen molar-refractivity contribution in [3.05, 3.63) is 40.5 Å². The van der Waals surface area contributed by atoms with Gasteiger partial charge >= 0.3 is 5.97 Å². The zero-order valence-electron chi connectivity index (χ0n) is 18.8. The second-order valence-corrected chi connectivity index (χ2v) is 9.06. The number of carbonyl (C=O) groups excluding carboxylic acids is 1. The van der Waals surface area contributed by atoms with Crippen molar-refractivity contribution < 1.29 is 19.0 Å². The molecule has 3 aromatic heterocycles. The highest BCUT2D eigenvalue weighted by Crippen LogP contribution is 2.38. The summed E-state index contributed by atoms with van der Waals surface area (Å²) in [5.41, 5.74) is 3.79. The molecule has 0 amide bonds. The van der Waals surface area contributed by atoms with E-state index in [1.54, 1.807) is 26.4 Å². The van der Waals surface area contributed by atoms with E-state index < -0.39 is 5.97 Å². The molecule has 4 aromatic rings. The molecule has 0 atom stereocenters. The summed E-state index contributed by atoms with van der Waals surface area (Å²) in [6.45, 7) is 1.98. The number of hydrogen-bond donors (Lipinski definition) is 0. The van der Waals surface area contributed by atoms with Crippen molar-refractivity contribution in [3.63, 3.8) is 0 Å². The van der Waals surface area contributed by atoms with Crippen LogP contribution in [0.4, 0.5) is 0 Å². The van der Waals surface area contributed by atoms with Crippen molar-refractivity contribution in [1.29, 1.82) is 0 Å². The number of methoxy groups -OCH3 is 3. The molecule has 1 fully saturated rings. The van der Waals surface area contributed by atoms with Crippen LogP contribution in [0.5, 0.6) is 5.75 Å². The molecule has 5 rings (SSSR count). The second kappa shape index (κ2) is 8.79. The number of hydrogen-bond acceptors (Lipinski definition) is 6. The second-order valence-electron chi connectivity index (χ2n) is 8.25. The number of nitrogens with zero attached hydrogens (tertiary/aromatic N) is 4. The Morgan fingerprint density at radius 1 is 1.12 bits per heavy atom. The quantitative estimate of drug-likeness (QED) is 0.252. The van der Waals surface area contributed by atoms with Crippen molar-refractivity contribution in [2.45, 2.75) is 25.9 Å². The van der Waals surface area contributed by atoms with Crippen molar-refractivity contribution in [2.75, 3.05) is 27.9 Å². The lowest BCUT2D eigenvalue weighted by atomic mass is 10.2. The van der Waals surface area contributed by atoms with Crippen LogP contribution in [0.3, 0.4) is 0 Å². The number of imidazole rings is 1. The highest BCUT2D eigenvalue weighted by Gasteiger charge is 2.27. The molecule has 8 nitrogen and oxygen atoms in total. The van der Waals surface area contributed by atoms with E-state index in [4.69, 9.17) is 24.2 Å². The summed E-state index contributed by atoms with van der Waals surface area (Å²) >= 11 is 3.52. The fourth-order valence-corrected chi connectivity index (χ4v) is 4.55. The van der Waals surface area contributed by atoms with Gasteiger partial charge in [0.05, 0.1) is 37.6 Å². The summed E-state index contributed by atoms with van der Waals surface area (Å²) in [6.07, 6.45) is 2.45. The fraction of sp³-hybridized carbons (Fsp3) is 0.375. The van der Waals surface area contributed by atoms with Crippen LogP contribution in [-0.4, -0.2) is 53.0 Å². The number of fused-ring (bicyclic) bond motifs is 2. The lowest BCUT2D eigenvalue weighted by molar-refractivity contribution is 0.0600. The Hall–Kier alpha value is -2.91. The van der Waals surface area contributed by atoms with Crippen molar-refractivity contribution in [3.8, 4) is 17.3 Å². The first-order valence-corrected chi connectivity index (χ1v) is 11.6. The van der Waals surface area contributed by atoms with E-state index in [1.165, 1.54) is 20.0 Å². The Morgan fingerprint density at radius 3 is 2.64 bits per heavy atom. The average Bonchev–Trinajstić information content (AvgIpc) is 3.48. The molecule has 0 saturated heterocycles. The topological polar surface area (TPSA) is 80.4 Å². The van der Waals surface area contributed by atoms with Crippen molar-refractivity contribution >= 4 is 44.0 Å². The van der Waals surface area contributed by atoms with E-state index in [2.05, 4.69) is 37.2 Å². The maximum atomic E-state index is 12.2. The van der Waals surface area contributed by atoms with Crippen molar-refractivity contribution in [1.82, 2.24) is 19.1 Å². The smallest absolute Gasteiger partial charge is 0.338 e. The van der Waals surface area contributed by atoms with Gasteiger partial charge in [0.2, 0.25) is 0 Å². The Balaban J connectivity index is 1.78. The summed E-state index contributed by atoms with van der Waals surface area (Å²) in [5.74, 6) is 1.57. The largest absolute Gasteiger partial charge is 0.494 e. The number of aromatic nitrogens is 4. The van der Waals surface area contributed by atoms with Gasteiger partial charge in [0, 0.05) is 25.6 Å². The molecular weight excluding hydrogens is 488 g/mol. The summed E-state index contributed by atoms with van der Waals surface area (Å²) in [5, 5.41) is 1.06. The van der Waals surface area contributed by atoms with Crippen LogP contribution in [0, 0.1) is 5.92 Å². The summed E-state index contributed by atoms with van der Waals surface area (Å²) in [4.78, 5) is 22.0. The monoisotopic (exact) mass is 512 g/mol. The number of rotatable bonds is 8. The molecule has 33 heavy (non-hydrogen) atoms. The third-order valence-electron chi connectivity index (χ3n) is 6.04. The molecule has 0 unspecified atom stereocenters. The van der Waals surface area contributed by atoms with Gasteiger partial charge in [-0.25, -0.2) is 14.8 Å². The molecule has 1 saturated carbocycles. The van der Waals surface area contributed by atoms with Crippen LogP contribution < -0.4 is 4.74 Å². The predicted molar refractivity (Wildman–Crippen MR) is 129 cm³/mol. The molecule has 1 aliphatic carbocycles. The molecule has 0 spiro atoms. The Bertz CT molecular complexity index is 1360. The maximum absolute atomic E-state index is 12.2. The molecular formula is C24H25BrN4O4. The molecule has 3 heterocycles. The molecule has 0 radical (unpaired) electrons. The SMILES string of the molecule is COCCn1c(-c2cc3ccc(Br)nc3n2CC2CC2)nc2cc(C(=O)OC)cc(OC)c21. The molecule has 0 aliphatic heterocycles. The number of carbonyl (C=O) groups is 1. The lowest BCUT2D eigenvalue weighted by Crippen LogP contribution is -2.10. The van der Waals surface area contributed by atoms with Gasteiger partial charge in [0.1, 0.15) is 21.5 Å². The Labute approximate surface area is 199 Å². The molecule has 9 heteroatoms. The minimum absolute atomic E-state index is 0.397. The minimum atomic E-state index is -0.430. The van der Waals surface area contributed by atoms with Crippen LogP contribution in [0.15, 0.2) is 34.9 Å². The van der Waals surface area contributed by atoms with Gasteiger partial charge in [-0.15, -0.1) is 0 Å². The number of ether oxygens (including phenoxy) is 3. The first-order chi connectivity index (χ1) is 16.0. The average molecular weight is 513 g/mol. The van der Waals surface area contributed by atoms with E-state index in [0.29, 0.717) is 35.9 Å². The van der Waals surface area contributed by atoms with E-state index in [0.717, 1.165) is 39.2 Å². The summed E-state index contributed by atoms with van der Waals surface area (Å²) < 4.78 is 21.2. The summed E-state index contributed by atoms with van der Waals surface area (Å²) in [6, 6.07) is 9.60. The zero-order chi connectivity index (χ0) is 23.1. The first kappa shape index (κ1) is 21.9. The Morgan fingerprint density at radius 2 is 1.94 bits per heavy atom. The van der Waals surface area contributed by atoms with Gasteiger partial charge in [0.15, 0.2) is 5.82 Å². The predicted octanol–water partition coefficient (Wildman–Crippen LogP) is 4.67. The number of benzene rings is 1. The van der Waals surface area contributed by atoms with Crippen LogP contribution in [0.1, 0.15) is 23.2 Å². The van der Waals surface area contributed by atoms with E-state index in [-0.39, 0.29) is 0 Å². The zero-order valence-corrected chi connectivity index (χ0v) is 20.4. The van der Waals surface area contributed by atoms with Gasteiger partial charge in [0.25, 0.3) is 0 Å². The third-order valence-corrected chi connectivity index (χ3v) is 6.49. The van der Waals surface area contributed by atoms with Crippen LogP contribution >= 0.6 is 15.9 Å². The molecule has 0 N–H and O–H groups in total. The first-order valence-electron chi connectivity index (χ1n) is 10.9.